The number of nitrogens with one attached hydrogen (secondary N) is 1. The van der Waals surface area contributed by atoms with Crippen LogP contribution in [-0.2, 0) is 15.1 Å². The highest BCUT2D eigenvalue weighted by Crippen LogP contribution is 2.49. The molecule has 0 unspecified atom stereocenters. The van der Waals surface area contributed by atoms with Gasteiger partial charge in [-0.1, -0.05) is 43.7 Å². The zero-order chi connectivity index (χ0) is 24.3. The van der Waals surface area contributed by atoms with Gasteiger partial charge in [0.25, 0.3) is 0 Å². The fourth-order valence-corrected chi connectivity index (χ4v) is 6.12. The predicted octanol–water partition coefficient (Wildman–Crippen LogP) is 2.29. The van der Waals surface area contributed by atoms with Crippen LogP contribution in [0.1, 0.15) is 57.4 Å². The fraction of sp³-hybridized carbons (Fsp3) is 0.654. The van der Waals surface area contributed by atoms with Gasteiger partial charge in [-0.15, -0.1) is 0 Å². The average molecular weight is 470 g/mol. The molecule has 4 rings (SSSR count). The summed E-state index contributed by atoms with van der Waals surface area (Å²) in [5, 5.41) is 2.52. The van der Waals surface area contributed by atoms with E-state index in [1.54, 1.807) is 4.90 Å². The van der Waals surface area contributed by atoms with E-state index in [1.807, 2.05) is 0 Å². The summed E-state index contributed by atoms with van der Waals surface area (Å²) in [7, 11) is 2.20. The molecule has 186 valence electrons. The van der Waals surface area contributed by atoms with E-state index in [9.17, 15) is 14.4 Å². The van der Waals surface area contributed by atoms with E-state index >= 15 is 0 Å². The molecule has 34 heavy (non-hydrogen) atoms. The Morgan fingerprint density at radius 2 is 1.82 bits per heavy atom. The summed E-state index contributed by atoms with van der Waals surface area (Å²) in [6.45, 7) is 4.25. The van der Waals surface area contributed by atoms with E-state index < -0.39 is 5.91 Å². The summed E-state index contributed by atoms with van der Waals surface area (Å²) in [6.07, 6.45) is 7.33. The zero-order valence-electron chi connectivity index (χ0n) is 20.6. The third-order valence-corrected chi connectivity index (χ3v) is 8.54. The summed E-state index contributed by atoms with van der Waals surface area (Å²) in [5.74, 6) is -0.370. The van der Waals surface area contributed by atoms with Gasteiger partial charge in [0.15, 0.2) is 0 Å². The van der Waals surface area contributed by atoms with Crippen LogP contribution < -0.4 is 11.1 Å². The first-order valence-corrected chi connectivity index (χ1v) is 12.7. The molecule has 8 heteroatoms. The molecule has 2 aliphatic carbocycles. The van der Waals surface area contributed by atoms with Gasteiger partial charge in [-0.3, -0.25) is 14.5 Å². The van der Waals surface area contributed by atoms with Crippen LogP contribution in [0.2, 0.25) is 0 Å². The number of nitrogens with two attached hydrogens (primary N) is 1. The van der Waals surface area contributed by atoms with Crippen molar-refractivity contribution in [1.29, 1.82) is 0 Å². The van der Waals surface area contributed by atoms with E-state index in [4.69, 9.17) is 5.73 Å². The van der Waals surface area contributed by atoms with Crippen LogP contribution in [0.15, 0.2) is 30.3 Å². The molecule has 1 aromatic rings. The topological polar surface area (TPSA) is 99.0 Å². The highest BCUT2D eigenvalue weighted by atomic mass is 16.2. The first-order valence-electron chi connectivity index (χ1n) is 12.7. The van der Waals surface area contributed by atoms with Crippen molar-refractivity contribution in [3.8, 4) is 0 Å². The molecular formula is C26H39N5O3. The van der Waals surface area contributed by atoms with Crippen LogP contribution in [0.5, 0.6) is 0 Å². The smallest absolute Gasteiger partial charge is 0.321 e. The Morgan fingerprint density at radius 1 is 1.15 bits per heavy atom. The molecule has 1 aliphatic heterocycles. The van der Waals surface area contributed by atoms with Crippen molar-refractivity contribution in [3.63, 3.8) is 0 Å². The molecule has 3 fully saturated rings. The molecule has 3 N–H and O–H groups in total. The number of nitrogens with zero attached hydrogens (tertiary/aromatic N) is 3. The third kappa shape index (κ3) is 4.65. The van der Waals surface area contributed by atoms with Crippen LogP contribution in [0.3, 0.4) is 0 Å². The lowest BCUT2D eigenvalue weighted by Crippen LogP contribution is -2.57. The van der Waals surface area contributed by atoms with E-state index in [0.29, 0.717) is 12.5 Å². The van der Waals surface area contributed by atoms with Crippen molar-refractivity contribution in [2.45, 2.75) is 62.9 Å². The number of amides is 4. The summed E-state index contributed by atoms with van der Waals surface area (Å²) >= 11 is 0. The fourth-order valence-electron chi connectivity index (χ4n) is 6.12. The Morgan fingerprint density at radius 3 is 2.38 bits per heavy atom. The van der Waals surface area contributed by atoms with Gasteiger partial charge in [0.2, 0.25) is 11.8 Å². The lowest BCUT2D eigenvalue weighted by Gasteiger charge is -2.52. The van der Waals surface area contributed by atoms with Gasteiger partial charge >= 0.3 is 6.03 Å². The van der Waals surface area contributed by atoms with Gasteiger partial charge in [0.05, 0.1) is 12.1 Å². The van der Waals surface area contributed by atoms with Crippen molar-refractivity contribution in [1.82, 2.24) is 20.0 Å². The quantitative estimate of drug-likeness (QED) is 0.580. The van der Waals surface area contributed by atoms with Gasteiger partial charge in [-0.2, -0.15) is 0 Å². The molecule has 0 aromatic heterocycles. The molecule has 1 heterocycles. The van der Waals surface area contributed by atoms with Gasteiger partial charge in [0.1, 0.15) is 6.54 Å². The Bertz CT molecular complexity index is 893. The first-order chi connectivity index (χ1) is 16.3. The van der Waals surface area contributed by atoms with Crippen LogP contribution in [-0.4, -0.2) is 77.9 Å². The normalized spacial score (nSPS) is 27.3. The Labute approximate surface area is 202 Å². The Hall–Kier alpha value is -2.61. The van der Waals surface area contributed by atoms with Gasteiger partial charge < -0.3 is 20.9 Å². The van der Waals surface area contributed by atoms with Crippen molar-refractivity contribution in [3.05, 3.63) is 35.9 Å². The summed E-state index contributed by atoms with van der Waals surface area (Å²) in [4.78, 5) is 43.2. The predicted molar refractivity (Wildman–Crippen MR) is 131 cm³/mol. The summed E-state index contributed by atoms with van der Waals surface area (Å²) < 4.78 is 0. The van der Waals surface area contributed by atoms with Crippen molar-refractivity contribution < 1.29 is 14.4 Å². The second-order valence-electron chi connectivity index (χ2n) is 10.4. The van der Waals surface area contributed by atoms with Crippen LogP contribution >= 0.6 is 0 Å². The number of carbonyl (C=O) groups excluding carboxylic acids is 3. The van der Waals surface area contributed by atoms with Crippen molar-refractivity contribution >= 4 is 17.8 Å². The number of benzene rings is 1. The molecule has 8 nitrogen and oxygen atoms in total. The molecule has 0 atom stereocenters. The van der Waals surface area contributed by atoms with Crippen LogP contribution in [0.25, 0.3) is 0 Å². The molecule has 1 aromatic carbocycles. The molecular weight excluding hydrogens is 430 g/mol. The highest BCUT2D eigenvalue weighted by Gasteiger charge is 2.55. The third-order valence-electron chi connectivity index (χ3n) is 8.54. The largest absolute Gasteiger partial charge is 0.368 e. The monoisotopic (exact) mass is 469 g/mol. The molecule has 1 spiro atoms. The van der Waals surface area contributed by atoms with Crippen molar-refractivity contribution in [2.24, 2.45) is 11.7 Å². The standard InChI is InChI=1S/C26H39N5O3/c1-3-29(2)26(21-10-5-4-6-11-21)14-12-25(13-15-26)19-30(18-23(33)28-16-22(27)32)24(34)31(25)17-20-8-7-9-20/h4-6,10-11,20H,3,7-9,12-19H2,1-2H3,(H2,27,32)(H,28,33)/t25-,26+. The SMILES string of the molecule is CCN(C)[C@]1(c2ccccc2)CC[C@]2(CC1)CN(CC(=O)NCC(N)=O)C(=O)N2CC1CCC1. The highest BCUT2D eigenvalue weighted by molar-refractivity contribution is 5.88. The molecule has 2 saturated carbocycles. The molecule has 0 bridgehead atoms. The van der Waals surface area contributed by atoms with E-state index in [0.717, 1.165) is 38.8 Å². The lowest BCUT2D eigenvalue weighted by atomic mass is 9.68. The van der Waals surface area contributed by atoms with Crippen LogP contribution in [0.4, 0.5) is 4.79 Å². The average Bonchev–Trinajstić information content (AvgIpc) is 3.05. The van der Waals surface area contributed by atoms with Gasteiger partial charge in [-0.25, -0.2) is 4.79 Å². The summed E-state index contributed by atoms with van der Waals surface area (Å²) in [5.41, 5.74) is 6.20. The maximum atomic E-state index is 13.5. The van der Waals surface area contributed by atoms with E-state index in [-0.39, 0.29) is 36.1 Å². The summed E-state index contributed by atoms with van der Waals surface area (Å²) in [6, 6.07) is 10.7. The maximum absolute atomic E-state index is 13.5. The maximum Gasteiger partial charge on any atom is 0.321 e. The molecule has 1 saturated heterocycles. The van der Waals surface area contributed by atoms with Crippen LogP contribution in [0, 0.1) is 5.92 Å². The lowest BCUT2D eigenvalue weighted by molar-refractivity contribution is -0.125. The number of primary amides is 1. The second kappa shape index (κ2) is 9.94. The minimum atomic E-state index is -0.589. The number of hydrogen-bond acceptors (Lipinski definition) is 4. The number of carbonyl (C=O) groups is 3. The number of urea groups is 1. The first kappa shape index (κ1) is 24.5. The molecule has 0 radical (unpaired) electrons. The Kier molecular flexibility index (Phi) is 7.17. The van der Waals surface area contributed by atoms with Gasteiger partial charge in [0, 0.05) is 18.6 Å². The van der Waals surface area contributed by atoms with Gasteiger partial charge in [-0.05, 0) is 63.6 Å². The second-order valence-corrected chi connectivity index (χ2v) is 10.4. The minimum absolute atomic E-state index is 0.0340. The minimum Gasteiger partial charge on any atom is -0.368 e. The Balaban J connectivity index is 1.54. The van der Waals surface area contributed by atoms with Crippen molar-refractivity contribution in [2.75, 3.05) is 39.8 Å². The van der Waals surface area contributed by atoms with E-state index in [2.05, 4.69) is 59.4 Å². The molecule has 3 aliphatic rings. The zero-order valence-corrected chi connectivity index (χ0v) is 20.6. The molecule has 4 amide bonds. The number of rotatable bonds is 9. The van der Waals surface area contributed by atoms with E-state index in [1.165, 1.54) is 24.8 Å². The number of hydrogen-bond donors (Lipinski definition) is 2.